The molecule has 3 aromatic heterocycles. The molecule has 0 aliphatic heterocycles. The van der Waals surface area contributed by atoms with E-state index in [4.69, 9.17) is 11.6 Å². The van der Waals surface area contributed by atoms with Crippen molar-refractivity contribution in [1.82, 2.24) is 14.5 Å². The molecule has 3 heterocycles. The molecule has 0 fully saturated rings. The molecule has 0 atom stereocenters. The zero-order valence-electron chi connectivity index (χ0n) is 14.3. The lowest BCUT2D eigenvalue weighted by atomic mass is 10.2. The van der Waals surface area contributed by atoms with Crippen molar-refractivity contribution in [2.24, 2.45) is 0 Å². The standard InChI is InChI=1S/C16H10ClF6N3O2S/c1-2-29(27,28)12-4-9(16(21,22)23)6-25-14(12)26-7-10(17)13-11(26)3-8(5-24-13)15(18,19)20/h3-7H,2H2,1H3. The summed E-state index contributed by atoms with van der Waals surface area (Å²) < 4.78 is 104. The van der Waals surface area contributed by atoms with E-state index in [2.05, 4.69) is 9.97 Å². The van der Waals surface area contributed by atoms with E-state index in [1.807, 2.05) is 0 Å². The summed E-state index contributed by atoms with van der Waals surface area (Å²) >= 11 is 5.98. The molecule has 0 saturated heterocycles. The summed E-state index contributed by atoms with van der Waals surface area (Å²) in [5.74, 6) is -1.07. The van der Waals surface area contributed by atoms with Crippen LogP contribution in [0, 0.1) is 0 Å². The number of halogens is 7. The first kappa shape index (κ1) is 21.4. The Kier molecular flexibility index (Phi) is 5.06. The number of hydrogen-bond acceptors (Lipinski definition) is 4. The second-order valence-electron chi connectivity index (χ2n) is 5.88. The first-order chi connectivity index (χ1) is 13.3. The molecule has 0 saturated carbocycles. The van der Waals surface area contributed by atoms with E-state index >= 15 is 0 Å². The van der Waals surface area contributed by atoms with E-state index in [-0.39, 0.29) is 16.1 Å². The molecule has 0 aliphatic carbocycles. The fraction of sp³-hybridized carbons (Fsp3) is 0.250. The molecule has 156 valence electrons. The van der Waals surface area contributed by atoms with Crippen LogP contribution in [0.2, 0.25) is 5.02 Å². The second-order valence-corrected chi connectivity index (χ2v) is 8.54. The van der Waals surface area contributed by atoms with Gasteiger partial charge < -0.3 is 0 Å². The number of aromatic nitrogens is 3. The maximum Gasteiger partial charge on any atom is 0.417 e. The number of hydrogen-bond donors (Lipinski definition) is 0. The van der Waals surface area contributed by atoms with Crippen LogP contribution in [0.3, 0.4) is 0 Å². The maximum atomic E-state index is 13.0. The summed E-state index contributed by atoms with van der Waals surface area (Å²) in [4.78, 5) is 6.42. The molecule has 13 heteroatoms. The predicted molar refractivity (Wildman–Crippen MR) is 91.6 cm³/mol. The molecule has 3 rings (SSSR count). The second kappa shape index (κ2) is 6.87. The molecule has 0 amide bonds. The minimum Gasteiger partial charge on any atom is -0.297 e. The van der Waals surface area contributed by atoms with Gasteiger partial charge in [-0.1, -0.05) is 18.5 Å². The lowest BCUT2D eigenvalue weighted by molar-refractivity contribution is -0.138. The molecule has 0 N–H and O–H groups in total. The number of pyridine rings is 2. The van der Waals surface area contributed by atoms with Crippen molar-refractivity contribution in [3.05, 3.63) is 46.9 Å². The van der Waals surface area contributed by atoms with Crippen LogP contribution in [0.25, 0.3) is 16.9 Å². The van der Waals surface area contributed by atoms with E-state index in [0.29, 0.717) is 24.5 Å². The van der Waals surface area contributed by atoms with Gasteiger partial charge in [0.25, 0.3) is 0 Å². The Bertz CT molecular complexity index is 1200. The third kappa shape index (κ3) is 3.90. The zero-order chi connectivity index (χ0) is 21.8. The topological polar surface area (TPSA) is 64.8 Å². The molecule has 0 aromatic carbocycles. The fourth-order valence-corrected chi connectivity index (χ4v) is 3.84. The highest BCUT2D eigenvalue weighted by Gasteiger charge is 2.35. The van der Waals surface area contributed by atoms with Crippen LogP contribution in [0.1, 0.15) is 18.1 Å². The number of fused-ring (bicyclic) bond motifs is 1. The minimum atomic E-state index is -4.87. The molecule has 5 nitrogen and oxygen atoms in total. The van der Waals surface area contributed by atoms with E-state index in [0.717, 1.165) is 10.8 Å². The molecular weight excluding hydrogens is 448 g/mol. The molecular formula is C16H10ClF6N3O2S. The first-order valence-electron chi connectivity index (χ1n) is 7.80. The van der Waals surface area contributed by atoms with Gasteiger partial charge in [0.1, 0.15) is 10.4 Å². The van der Waals surface area contributed by atoms with Crippen molar-refractivity contribution >= 4 is 32.5 Å². The van der Waals surface area contributed by atoms with Crippen LogP contribution in [0.5, 0.6) is 0 Å². The summed E-state index contributed by atoms with van der Waals surface area (Å²) in [7, 11) is -4.23. The highest BCUT2D eigenvalue weighted by atomic mass is 35.5. The Morgan fingerprint density at radius 1 is 1.00 bits per heavy atom. The Labute approximate surface area is 164 Å². The van der Waals surface area contributed by atoms with Crippen LogP contribution in [-0.4, -0.2) is 28.7 Å². The lowest BCUT2D eigenvalue weighted by Gasteiger charge is -2.14. The lowest BCUT2D eigenvalue weighted by Crippen LogP contribution is -2.14. The SMILES string of the molecule is CCS(=O)(=O)c1cc(C(F)(F)F)cnc1-n1cc(Cl)c2ncc(C(F)(F)F)cc21. The van der Waals surface area contributed by atoms with Crippen LogP contribution in [-0.2, 0) is 22.2 Å². The smallest absolute Gasteiger partial charge is 0.297 e. The number of rotatable bonds is 3. The average molecular weight is 458 g/mol. The molecule has 0 unspecified atom stereocenters. The van der Waals surface area contributed by atoms with Gasteiger partial charge in [-0.05, 0) is 12.1 Å². The van der Waals surface area contributed by atoms with Gasteiger partial charge in [0, 0.05) is 18.6 Å². The predicted octanol–water partition coefficient (Wildman–Crippen LogP) is 4.91. The van der Waals surface area contributed by atoms with Gasteiger partial charge in [-0.15, -0.1) is 0 Å². The van der Waals surface area contributed by atoms with Crippen molar-refractivity contribution in [3.8, 4) is 5.82 Å². The Morgan fingerprint density at radius 3 is 2.10 bits per heavy atom. The van der Waals surface area contributed by atoms with Gasteiger partial charge in [0.05, 0.1) is 27.4 Å². The van der Waals surface area contributed by atoms with Gasteiger partial charge in [0.15, 0.2) is 15.7 Å². The molecule has 0 bridgehead atoms. The zero-order valence-corrected chi connectivity index (χ0v) is 15.9. The van der Waals surface area contributed by atoms with E-state index in [1.165, 1.54) is 6.92 Å². The van der Waals surface area contributed by atoms with Gasteiger partial charge in [-0.3, -0.25) is 9.55 Å². The molecule has 0 spiro atoms. The van der Waals surface area contributed by atoms with Gasteiger partial charge in [-0.2, -0.15) is 26.3 Å². The quantitative estimate of drug-likeness (QED) is 0.524. The summed E-state index contributed by atoms with van der Waals surface area (Å²) in [5.41, 5.74) is -2.82. The van der Waals surface area contributed by atoms with Gasteiger partial charge >= 0.3 is 12.4 Å². The molecule has 29 heavy (non-hydrogen) atoms. The maximum absolute atomic E-state index is 13.0. The Morgan fingerprint density at radius 2 is 1.55 bits per heavy atom. The summed E-state index contributed by atoms with van der Waals surface area (Å²) in [6.45, 7) is 1.21. The van der Waals surface area contributed by atoms with Crippen molar-refractivity contribution < 1.29 is 34.8 Å². The number of nitrogens with zero attached hydrogens (tertiary/aromatic N) is 3. The van der Waals surface area contributed by atoms with Crippen molar-refractivity contribution in [3.63, 3.8) is 0 Å². The minimum absolute atomic E-state index is 0.0961. The van der Waals surface area contributed by atoms with Gasteiger partial charge in [0.2, 0.25) is 0 Å². The van der Waals surface area contributed by atoms with Gasteiger partial charge in [-0.25, -0.2) is 13.4 Å². The first-order valence-corrected chi connectivity index (χ1v) is 9.83. The summed E-state index contributed by atoms with van der Waals surface area (Å²) in [6.07, 6.45) is -7.64. The third-order valence-electron chi connectivity index (χ3n) is 4.03. The van der Waals surface area contributed by atoms with Crippen LogP contribution in [0.4, 0.5) is 26.3 Å². The molecule has 0 aliphatic rings. The van der Waals surface area contributed by atoms with Crippen molar-refractivity contribution in [2.45, 2.75) is 24.2 Å². The molecule has 0 radical (unpaired) electrons. The summed E-state index contributed by atoms with van der Waals surface area (Å²) in [5, 5.41) is -0.129. The van der Waals surface area contributed by atoms with E-state index < -0.39 is 49.8 Å². The van der Waals surface area contributed by atoms with E-state index in [9.17, 15) is 34.8 Å². The highest BCUT2D eigenvalue weighted by molar-refractivity contribution is 7.91. The van der Waals surface area contributed by atoms with Crippen molar-refractivity contribution in [2.75, 3.05) is 5.75 Å². The monoisotopic (exact) mass is 457 g/mol. The van der Waals surface area contributed by atoms with E-state index in [1.54, 1.807) is 0 Å². The third-order valence-corrected chi connectivity index (χ3v) is 6.03. The van der Waals surface area contributed by atoms with Crippen molar-refractivity contribution in [1.29, 1.82) is 0 Å². The summed E-state index contributed by atoms with van der Waals surface area (Å²) in [6, 6.07) is 1.05. The number of sulfone groups is 1. The normalized spacial score (nSPS) is 13.2. The molecule has 3 aromatic rings. The average Bonchev–Trinajstić information content (AvgIpc) is 2.96. The van der Waals surface area contributed by atoms with Crippen LogP contribution < -0.4 is 0 Å². The largest absolute Gasteiger partial charge is 0.417 e. The highest BCUT2D eigenvalue weighted by Crippen LogP contribution is 2.36. The van der Waals surface area contributed by atoms with Crippen LogP contribution >= 0.6 is 11.6 Å². The Hall–Kier alpha value is -2.34. The van der Waals surface area contributed by atoms with Crippen LogP contribution in [0.15, 0.2) is 35.6 Å². The number of alkyl halides is 6. The Balaban J connectivity index is 2.37. The fourth-order valence-electron chi connectivity index (χ4n) is 2.55.